The molecule has 0 spiro atoms. The van der Waals surface area contributed by atoms with Gasteiger partial charge >= 0.3 is 0 Å². The van der Waals surface area contributed by atoms with Crippen molar-refractivity contribution in [2.45, 2.75) is 13.8 Å². The van der Waals surface area contributed by atoms with E-state index in [0.717, 1.165) is 33.4 Å². The fourth-order valence-corrected chi connectivity index (χ4v) is 2.83. The van der Waals surface area contributed by atoms with Crippen molar-refractivity contribution in [1.29, 1.82) is 0 Å². The van der Waals surface area contributed by atoms with Gasteiger partial charge in [0.15, 0.2) is 11.4 Å². The third-order valence-electron chi connectivity index (χ3n) is 4.09. The van der Waals surface area contributed by atoms with Crippen LogP contribution in [0.5, 0.6) is 0 Å². The number of anilines is 2. The van der Waals surface area contributed by atoms with E-state index in [0.29, 0.717) is 11.4 Å². The lowest BCUT2D eigenvalue weighted by Crippen LogP contribution is -2.07. The molecule has 0 bridgehead atoms. The molecule has 0 radical (unpaired) electrons. The molecule has 0 unspecified atom stereocenters. The van der Waals surface area contributed by atoms with E-state index in [1.165, 1.54) is 13.3 Å². The van der Waals surface area contributed by atoms with Gasteiger partial charge in [0.1, 0.15) is 17.4 Å². The maximum Gasteiger partial charge on any atom is 0.221 e. The number of hydrogen-bond donors (Lipinski definition) is 2. The number of benzene rings is 2. The number of carbonyl (C=O) groups is 1. The fraction of sp³-hybridized carbons (Fsp3) is 0.100. The highest BCUT2D eigenvalue weighted by atomic mass is 16.3. The fourth-order valence-electron chi connectivity index (χ4n) is 2.83. The average molecular weight is 359 g/mol. The zero-order chi connectivity index (χ0) is 18.8. The van der Waals surface area contributed by atoms with E-state index in [2.05, 4.69) is 25.8 Å². The molecule has 2 heterocycles. The number of amides is 1. The predicted octanol–water partition coefficient (Wildman–Crippen LogP) is 4.17. The summed E-state index contributed by atoms with van der Waals surface area (Å²) in [5.74, 6) is 0.377. The van der Waals surface area contributed by atoms with E-state index >= 15 is 0 Å². The van der Waals surface area contributed by atoms with Gasteiger partial charge in [0.2, 0.25) is 5.91 Å². The highest BCUT2D eigenvalue weighted by Crippen LogP contribution is 2.30. The normalized spacial score (nSPS) is 11.7. The van der Waals surface area contributed by atoms with E-state index in [9.17, 15) is 4.79 Å². The van der Waals surface area contributed by atoms with E-state index in [1.807, 2.05) is 55.5 Å². The van der Waals surface area contributed by atoms with Crippen LogP contribution < -0.4 is 10.7 Å². The minimum atomic E-state index is -0.117. The van der Waals surface area contributed by atoms with Crippen molar-refractivity contribution in [2.24, 2.45) is 5.10 Å². The maximum atomic E-state index is 11.2. The molecule has 134 valence electrons. The zero-order valence-electron chi connectivity index (χ0n) is 14.9. The van der Waals surface area contributed by atoms with E-state index < -0.39 is 0 Å². The summed E-state index contributed by atoms with van der Waals surface area (Å²) in [6, 6.07) is 15.2. The molecular formula is C20H17N5O2. The topological polar surface area (TPSA) is 92.4 Å². The van der Waals surface area contributed by atoms with Crippen LogP contribution in [0.1, 0.15) is 19.4 Å². The Morgan fingerprint density at radius 2 is 1.93 bits per heavy atom. The number of para-hydroxylation sites is 1. The van der Waals surface area contributed by atoms with Crippen LogP contribution in [0.2, 0.25) is 0 Å². The molecule has 0 aliphatic rings. The first-order chi connectivity index (χ1) is 13.1. The van der Waals surface area contributed by atoms with Crippen LogP contribution in [0.3, 0.4) is 0 Å². The predicted molar refractivity (Wildman–Crippen MR) is 106 cm³/mol. The van der Waals surface area contributed by atoms with Crippen molar-refractivity contribution in [3.05, 3.63) is 60.4 Å². The monoisotopic (exact) mass is 359 g/mol. The molecule has 0 atom stereocenters. The smallest absolute Gasteiger partial charge is 0.221 e. The number of fused-ring (bicyclic) bond motifs is 3. The molecule has 0 saturated carbocycles. The lowest BCUT2D eigenvalue weighted by molar-refractivity contribution is -0.114. The average Bonchev–Trinajstić information content (AvgIpc) is 3.05. The first-order valence-electron chi connectivity index (χ1n) is 8.42. The van der Waals surface area contributed by atoms with Crippen LogP contribution in [0, 0.1) is 0 Å². The number of hydrogen-bond acceptors (Lipinski definition) is 6. The number of nitrogens with one attached hydrogen (secondary N) is 2. The Morgan fingerprint density at radius 3 is 2.78 bits per heavy atom. The molecule has 2 aromatic carbocycles. The second-order valence-electron chi connectivity index (χ2n) is 6.07. The molecule has 2 aromatic heterocycles. The van der Waals surface area contributed by atoms with E-state index in [1.54, 1.807) is 0 Å². The van der Waals surface area contributed by atoms with Crippen molar-refractivity contribution < 1.29 is 9.21 Å². The van der Waals surface area contributed by atoms with Crippen molar-refractivity contribution >= 4 is 45.2 Å². The molecule has 1 amide bonds. The van der Waals surface area contributed by atoms with Gasteiger partial charge in [-0.3, -0.25) is 10.2 Å². The minimum Gasteiger partial charge on any atom is -0.450 e. The van der Waals surface area contributed by atoms with Crippen LogP contribution in [0.15, 0.2) is 64.4 Å². The van der Waals surface area contributed by atoms with Gasteiger partial charge in [-0.05, 0) is 36.8 Å². The van der Waals surface area contributed by atoms with Gasteiger partial charge in [0.25, 0.3) is 0 Å². The molecule has 0 saturated heterocycles. The second-order valence-corrected chi connectivity index (χ2v) is 6.07. The maximum absolute atomic E-state index is 11.2. The van der Waals surface area contributed by atoms with Gasteiger partial charge in [0, 0.05) is 18.0 Å². The van der Waals surface area contributed by atoms with Gasteiger partial charge in [-0.15, -0.1) is 0 Å². The van der Waals surface area contributed by atoms with Crippen molar-refractivity contribution in [3.8, 4) is 0 Å². The molecule has 4 aromatic rings. The van der Waals surface area contributed by atoms with Crippen molar-refractivity contribution in [3.63, 3.8) is 0 Å². The third-order valence-corrected chi connectivity index (χ3v) is 4.09. The van der Waals surface area contributed by atoms with Gasteiger partial charge in [-0.25, -0.2) is 9.97 Å². The van der Waals surface area contributed by atoms with Gasteiger partial charge in [-0.1, -0.05) is 24.3 Å². The molecule has 7 heteroatoms. The van der Waals surface area contributed by atoms with E-state index in [4.69, 9.17) is 4.42 Å². The summed E-state index contributed by atoms with van der Waals surface area (Å²) in [5.41, 5.74) is 7.35. The number of carbonyl (C=O) groups excluding carboxylic acids is 1. The molecule has 2 N–H and O–H groups in total. The number of nitrogens with zero attached hydrogens (tertiary/aromatic N) is 3. The summed E-state index contributed by atoms with van der Waals surface area (Å²) in [5, 5.41) is 8.10. The summed E-state index contributed by atoms with van der Waals surface area (Å²) in [6.45, 7) is 3.35. The molecule has 4 rings (SSSR count). The standard InChI is InChI=1S/C20H17N5O2/c1-12(14-6-5-7-15(10-14)23-13(2)26)24-25-20-19-18(21-11-22-20)16-8-3-4-9-17(16)27-19/h3-11H,1-2H3,(H,23,26)(H,21,22,25). The largest absolute Gasteiger partial charge is 0.450 e. The van der Waals surface area contributed by atoms with Crippen LogP contribution in [-0.2, 0) is 4.79 Å². The Kier molecular flexibility index (Phi) is 4.25. The third kappa shape index (κ3) is 3.35. The first kappa shape index (κ1) is 16.7. The molecule has 27 heavy (non-hydrogen) atoms. The summed E-state index contributed by atoms with van der Waals surface area (Å²) >= 11 is 0. The molecule has 0 fully saturated rings. The highest BCUT2D eigenvalue weighted by Gasteiger charge is 2.12. The lowest BCUT2D eigenvalue weighted by Gasteiger charge is -2.06. The Bertz CT molecular complexity index is 1180. The zero-order valence-corrected chi connectivity index (χ0v) is 14.9. The molecule has 0 aliphatic heterocycles. The Hall–Kier alpha value is -3.74. The summed E-state index contributed by atoms with van der Waals surface area (Å²) in [4.78, 5) is 19.8. The Labute approximate surface area is 155 Å². The first-order valence-corrected chi connectivity index (χ1v) is 8.42. The van der Waals surface area contributed by atoms with Gasteiger partial charge in [0.05, 0.1) is 5.71 Å². The van der Waals surface area contributed by atoms with Crippen LogP contribution >= 0.6 is 0 Å². The number of rotatable bonds is 4. The molecule has 0 aliphatic carbocycles. The van der Waals surface area contributed by atoms with Crippen LogP contribution in [-0.4, -0.2) is 21.6 Å². The Morgan fingerprint density at radius 1 is 1.07 bits per heavy atom. The SMILES string of the molecule is CC(=O)Nc1cccc(C(C)=NNc2ncnc3c2oc2ccccc23)c1. The molecular weight excluding hydrogens is 342 g/mol. The van der Waals surface area contributed by atoms with Crippen molar-refractivity contribution in [2.75, 3.05) is 10.7 Å². The van der Waals surface area contributed by atoms with Crippen LogP contribution in [0.4, 0.5) is 11.5 Å². The number of furan rings is 1. The van der Waals surface area contributed by atoms with Gasteiger partial charge in [-0.2, -0.15) is 5.10 Å². The number of aromatic nitrogens is 2. The molecule has 7 nitrogen and oxygen atoms in total. The summed E-state index contributed by atoms with van der Waals surface area (Å²) in [7, 11) is 0. The highest BCUT2D eigenvalue weighted by molar-refractivity contribution is 6.06. The van der Waals surface area contributed by atoms with Gasteiger partial charge < -0.3 is 9.73 Å². The number of hydrazone groups is 1. The Balaban J connectivity index is 1.65. The second kappa shape index (κ2) is 6.87. The quantitative estimate of drug-likeness (QED) is 0.421. The summed E-state index contributed by atoms with van der Waals surface area (Å²) in [6.07, 6.45) is 1.48. The lowest BCUT2D eigenvalue weighted by atomic mass is 10.1. The van der Waals surface area contributed by atoms with Crippen LogP contribution in [0.25, 0.3) is 22.1 Å². The minimum absolute atomic E-state index is 0.117. The van der Waals surface area contributed by atoms with E-state index in [-0.39, 0.29) is 5.91 Å². The summed E-state index contributed by atoms with van der Waals surface area (Å²) < 4.78 is 5.88. The van der Waals surface area contributed by atoms with Crippen molar-refractivity contribution in [1.82, 2.24) is 9.97 Å².